The number of thiophene rings is 1. The quantitative estimate of drug-likeness (QED) is 0.381. The Morgan fingerprint density at radius 2 is 1.55 bits per heavy atom. The van der Waals surface area contributed by atoms with Crippen LogP contribution in [-0.2, 0) is 6.54 Å². The molecular weight excluding hydrogens is 499 g/mol. The highest BCUT2D eigenvalue weighted by Gasteiger charge is 2.28. The number of fused-ring (bicyclic) bond motifs is 1. The minimum atomic E-state index is -0.192. The van der Waals surface area contributed by atoms with E-state index in [-0.39, 0.29) is 11.7 Å². The first-order chi connectivity index (χ1) is 18.6. The first-order valence-corrected chi connectivity index (χ1v) is 13.9. The number of carbonyl (C=O) groups excluding carboxylic acids is 1. The number of halogens is 1. The summed E-state index contributed by atoms with van der Waals surface area (Å²) < 4.78 is 14.3. The Labute approximate surface area is 226 Å². The molecule has 7 nitrogen and oxygen atoms in total. The van der Waals surface area contributed by atoms with E-state index in [1.54, 1.807) is 12.4 Å². The van der Waals surface area contributed by atoms with Crippen molar-refractivity contribution in [1.82, 2.24) is 19.8 Å². The molecule has 0 saturated carbocycles. The Bertz CT molecular complexity index is 1430. The van der Waals surface area contributed by atoms with Gasteiger partial charge in [-0.25, -0.2) is 14.4 Å². The van der Waals surface area contributed by atoms with Crippen molar-refractivity contribution in [3.05, 3.63) is 82.7 Å². The fourth-order valence-corrected chi connectivity index (χ4v) is 6.57. The summed E-state index contributed by atoms with van der Waals surface area (Å²) in [5.41, 5.74) is 2.89. The third-order valence-electron chi connectivity index (χ3n) is 7.58. The Morgan fingerprint density at radius 3 is 2.29 bits per heavy atom. The van der Waals surface area contributed by atoms with Gasteiger partial charge in [0.2, 0.25) is 0 Å². The normalized spacial score (nSPS) is 16.8. The minimum Gasteiger partial charge on any atom is -0.366 e. The van der Waals surface area contributed by atoms with Crippen molar-refractivity contribution >= 4 is 39.0 Å². The number of benzene rings is 2. The van der Waals surface area contributed by atoms with E-state index >= 15 is 0 Å². The summed E-state index contributed by atoms with van der Waals surface area (Å²) in [5.74, 6) is 0.756. The summed E-state index contributed by atoms with van der Waals surface area (Å²) in [7, 11) is 0. The molecule has 0 spiro atoms. The SMILES string of the molecule is Cc1c(C(=O)N2CCN(Cc3ccccc3)CC2)sc2ncnc(N3CCN(c4ccccc4F)CC3)c12. The fourth-order valence-electron chi connectivity index (χ4n) is 5.46. The van der Waals surface area contributed by atoms with Gasteiger partial charge < -0.3 is 14.7 Å². The van der Waals surface area contributed by atoms with Gasteiger partial charge in [-0.2, -0.15) is 0 Å². The van der Waals surface area contributed by atoms with Crippen LogP contribution < -0.4 is 9.80 Å². The lowest BCUT2D eigenvalue weighted by Gasteiger charge is -2.37. The number of rotatable bonds is 5. The highest BCUT2D eigenvalue weighted by molar-refractivity contribution is 7.20. The molecule has 0 aliphatic carbocycles. The van der Waals surface area contributed by atoms with Crippen molar-refractivity contribution < 1.29 is 9.18 Å². The van der Waals surface area contributed by atoms with Crippen LogP contribution in [0, 0.1) is 12.7 Å². The topological polar surface area (TPSA) is 55.8 Å². The van der Waals surface area contributed by atoms with Gasteiger partial charge >= 0.3 is 0 Å². The summed E-state index contributed by atoms with van der Waals surface area (Å²) in [6.45, 7) is 8.94. The molecule has 0 unspecified atom stereocenters. The van der Waals surface area contributed by atoms with Crippen molar-refractivity contribution in [1.29, 1.82) is 0 Å². The number of carbonyl (C=O) groups is 1. The number of para-hydroxylation sites is 1. The van der Waals surface area contributed by atoms with Gasteiger partial charge in [0.25, 0.3) is 5.91 Å². The Kier molecular flexibility index (Phi) is 6.95. The molecule has 0 radical (unpaired) electrons. The number of hydrogen-bond donors (Lipinski definition) is 0. The number of piperazine rings is 2. The molecule has 38 heavy (non-hydrogen) atoms. The summed E-state index contributed by atoms with van der Waals surface area (Å²) in [5, 5.41) is 0.961. The average molecular weight is 531 g/mol. The zero-order chi connectivity index (χ0) is 26.1. The molecule has 6 rings (SSSR count). The minimum absolute atomic E-state index is 0.0835. The van der Waals surface area contributed by atoms with Crippen LogP contribution in [0.5, 0.6) is 0 Å². The molecule has 2 aromatic carbocycles. The molecule has 2 aliphatic rings. The molecule has 1 amide bonds. The summed E-state index contributed by atoms with van der Waals surface area (Å²) in [6, 6.07) is 17.4. The number of amides is 1. The summed E-state index contributed by atoms with van der Waals surface area (Å²) >= 11 is 1.46. The molecule has 0 bridgehead atoms. The van der Waals surface area contributed by atoms with Crippen LogP contribution >= 0.6 is 11.3 Å². The second-order valence-corrected chi connectivity index (χ2v) is 10.9. The Morgan fingerprint density at radius 1 is 0.868 bits per heavy atom. The molecule has 0 atom stereocenters. The average Bonchev–Trinajstić information content (AvgIpc) is 3.30. The van der Waals surface area contributed by atoms with Crippen molar-refractivity contribution in [2.24, 2.45) is 0 Å². The van der Waals surface area contributed by atoms with E-state index in [1.807, 2.05) is 30.0 Å². The van der Waals surface area contributed by atoms with E-state index in [4.69, 9.17) is 0 Å². The van der Waals surface area contributed by atoms with E-state index < -0.39 is 0 Å². The van der Waals surface area contributed by atoms with Gasteiger partial charge in [-0.1, -0.05) is 42.5 Å². The predicted octanol–water partition coefficient (Wildman–Crippen LogP) is 4.42. The van der Waals surface area contributed by atoms with Gasteiger partial charge in [-0.3, -0.25) is 9.69 Å². The fraction of sp³-hybridized carbons (Fsp3) is 0.345. The van der Waals surface area contributed by atoms with Crippen LogP contribution in [-0.4, -0.2) is 78.0 Å². The monoisotopic (exact) mass is 530 g/mol. The standard InChI is InChI=1S/C29H31FN6OS/c1-21-25-27(35-17-15-34(16-18-35)24-10-6-5-9-23(24)30)31-20-32-28(25)38-26(21)29(37)36-13-11-33(12-14-36)19-22-7-3-2-4-8-22/h2-10,20H,11-19H2,1H3. The Balaban J connectivity index is 1.15. The van der Waals surface area contributed by atoms with Crippen LogP contribution in [0.3, 0.4) is 0 Å². The van der Waals surface area contributed by atoms with Gasteiger partial charge in [-0.15, -0.1) is 11.3 Å². The van der Waals surface area contributed by atoms with E-state index in [2.05, 4.69) is 48.9 Å². The first kappa shape index (κ1) is 24.8. The molecule has 2 saturated heterocycles. The van der Waals surface area contributed by atoms with Crippen molar-refractivity contribution in [2.45, 2.75) is 13.5 Å². The van der Waals surface area contributed by atoms with Gasteiger partial charge in [0.15, 0.2) is 0 Å². The molecule has 2 aliphatic heterocycles. The van der Waals surface area contributed by atoms with E-state index in [1.165, 1.54) is 23.0 Å². The van der Waals surface area contributed by atoms with Gasteiger partial charge in [0, 0.05) is 58.9 Å². The maximum atomic E-state index is 14.3. The third-order valence-corrected chi connectivity index (χ3v) is 8.77. The van der Waals surface area contributed by atoms with Crippen molar-refractivity contribution in [2.75, 3.05) is 62.2 Å². The largest absolute Gasteiger partial charge is 0.366 e. The second-order valence-electron chi connectivity index (χ2n) is 9.91. The number of hydrogen-bond acceptors (Lipinski definition) is 7. The summed E-state index contributed by atoms with van der Waals surface area (Å²) in [4.78, 5) is 33.0. The molecule has 4 heterocycles. The molecule has 196 valence electrons. The number of anilines is 2. The van der Waals surface area contributed by atoms with Crippen molar-refractivity contribution in [3.63, 3.8) is 0 Å². The molecule has 0 N–H and O–H groups in total. The molecule has 2 aromatic heterocycles. The molecule has 4 aromatic rings. The van der Waals surface area contributed by atoms with Crippen LogP contribution in [0.25, 0.3) is 10.2 Å². The summed E-state index contributed by atoms with van der Waals surface area (Å²) in [6.07, 6.45) is 1.59. The lowest BCUT2D eigenvalue weighted by atomic mass is 10.1. The molecular formula is C29H31FN6OS. The maximum absolute atomic E-state index is 14.3. The Hall–Kier alpha value is -3.56. The number of nitrogens with zero attached hydrogens (tertiary/aromatic N) is 6. The van der Waals surface area contributed by atoms with Gasteiger partial charge in [0.1, 0.15) is 22.8 Å². The first-order valence-electron chi connectivity index (χ1n) is 13.1. The van der Waals surface area contributed by atoms with E-state index in [9.17, 15) is 9.18 Å². The lowest BCUT2D eigenvalue weighted by Crippen LogP contribution is -2.48. The maximum Gasteiger partial charge on any atom is 0.264 e. The van der Waals surface area contributed by atoms with E-state index in [0.717, 1.165) is 72.3 Å². The highest BCUT2D eigenvalue weighted by Crippen LogP contribution is 2.36. The third kappa shape index (κ3) is 4.83. The van der Waals surface area contributed by atoms with Gasteiger partial charge in [0.05, 0.1) is 16.0 Å². The number of aryl methyl sites for hydroxylation is 1. The zero-order valence-corrected chi connectivity index (χ0v) is 22.3. The second kappa shape index (κ2) is 10.7. The number of aromatic nitrogens is 2. The van der Waals surface area contributed by atoms with Crippen LogP contribution in [0.15, 0.2) is 60.9 Å². The lowest BCUT2D eigenvalue weighted by molar-refractivity contribution is 0.0632. The van der Waals surface area contributed by atoms with Crippen molar-refractivity contribution in [3.8, 4) is 0 Å². The van der Waals surface area contributed by atoms with Crippen LogP contribution in [0.1, 0.15) is 20.8 Å². The van der Waals surface area contributed by atoms with E-state index in [0.29, 0.717) is 18.8 Å². The highest BCUT2D eigenvalue weighted by atomic mass is 32.1. The predicted molar refractivity (Wildman–Crippen MR) is 151 cm³/mol. The molecule has 2 fully saturated rings. The smallest absolute Gasteiger partial charge is 0.264 e. The van der Waals surface area contributed by atoms with Gasteiger partial charge in [-0.05, 0) is 30.2 Å². The van der Waals surface area contributed by atoms with Crippen LogP contribution in [0.4, 0.5) is 15.9 Å². The zero-order valence-electron chi connectivity index (χ0n) is 21.5. The molecule has 9 heteroatoms. The van der Waals surface area contributed by atoms with Crippen LogP contribution in [0.2, 0.25) is 0 Å².